The zero-order valence-electron chi connectivity index (χ0n) is 15.3. The Morgan fingerprint density at radius 1 is 1.04 bits per heavy atom. The van der Waals surface area contributed by atoms with Crippen LogP contribution in [0.15, 0.2) is 53.4 Å². The highest BCUT2D eigenvalue weighted by Crippen LogP contribution is 2.27. The van der Waals surface area contributed by atoms with Gasteiger partial charge in [0.2, 0.25) is 15.9 Å². The van der Waals surface area contributed by atoms with Crippen LogP contribution < -0.4 is 5.32 Å². The molecule has 0 radical (unpaired) electrons. The average molecular weight is 441 g/mol. The van der Waals surface area contributed by atoms with Crippen LogP contribution >= 0.6 is 23.2 Å². The smallest absolute Gasteiger partial charge is 0.243 e. The third-order valence-electron chi connectivity index (χ3n) is 4.78. The summed E-state index contributed by atoms with van der Waals surface area (Å²) in [6.45, 7) is 0.834. The summed E-state index contributed by atoms with van der Waals surface area (Å²) in [7, 11) is -3.73. The number of carbonyl (C=O) groups excluding carboxylic acids is 1. The molecule has 0 aliphatic carbocycles. The van der Waals surface area contributed by atoms with Gasteiger partial charge in [-0.3, -0.25) is 4.79 Å². The van der Waals surface area contributed by atoms with Crippen LogP contribution in [0.5, 0.6) is 0 Å². The first-order valence-electron chi connectivity index (χ1n) is 9.17. The van der Waals surface area contributed by atoms with Crippen molar-refractivity contribution in [2.45, 2.75) is 36.6 Å². The van der Waals surface area contributed by atoms with Crippen molar-refractivity contribution in [1.29, 1.82) is 0 Å². The molecule has 2 aromatic rings. The van der Waals surface area contributed by atoms with Gasteiger partial charge in [-0.15, -0.1) is 0 Å². The molecule has 1 aliphatic heterocycles. The summed E-state index contributed by atoms with van der Waals surface area (Å²) >= 11 is 11.7. The number of hydrogen-bond donors (Lipinski definition) is 1. The number of halogens is 2. The standard InChI is InChI=1S/C20H22Cl2N2O3S/c21-16-7-5-15(6-8-16)3-1-13-23-20(25)19-4-2-14-24(19)28(26,27)18-11-9-17(22)10-12-18/h5-12,19H,1-4,13-14H2,(H,23,25)/t19-/m0/s1. The summed E-state index contributed by atoms with van der Waals surface area (Å²) in [5, 5.41) is 4.04. The maximum atomic E-state index is 12.9. The lowest BCUT2D eigenvalue weighted by atomic mass is 10.1. The van der Waals surface area contributed by atoms with Crippen LogP contribution in [-0.2, 0) is 21.2 Å². The Balaban J connectivity index is 1.56. The van der Waals surface area contributed by atoms with E-state index in [1.807, 2.05) is 24.3 Å². The second-order valence-corrected chi connectivity index (χ2v) is 9.51. The second kappa shape index (κ2) is 9.27. The molecule has 2 aromatic carbocycles. The number of nitrogens with one attached hydrogen (secondary N) is 1. The lowest BCUT2D eigenvalue weighted by Crippen LogP contribution is -2.46. The molecule has 0 unspecified atom stereocenters. The van der Waals surface area contributed by atoms with Crippen molar-refractivity contribution in [2.24, 2.45) is 0 Å². The minimum absolute atomic E-state index is 0.152. The summed E-state index contributed by atoms with van der Waals surface area (Å²) in [4.78, 5) is 12.7. The fourth-order valence-corrected chi connectivity index (χ4v) is 5.21. The molecule has 0 aromatic heterocycles. The Morgan fingerprint density at radius 3 is 2.29 bits per heavy atom. The van der Waals surface area contributed by atoms with Gasteiger partial charge >= 0.3 is 0 Å². The Labute approximate surface area is 175 Å². The number of hydrogen-bond acceptors (Lipinski definition) is 3. The lowest BCUT2D eigenvalue weighted by molar-refractivity contribution is -0.124. The normalized spacial score (nSPS) is 17.6. The minimum atomic E-state index is -3.73. The molecule has 1 atom stereocenters. The van der Waals surface area contributed by atoms with Gasteiger partial charge in [0.15, 0.2) is 0 Å². The van der Waals surface area contributed by atoms with E-state index in [0.29, 0.717) is 36.0 Å². The number of carbonyl (C=O) groups is 1. The third-order valence-corrected chi connectivity index (χ3v) is 7.21. The Kier molecular flexibility index (Phi) is 6.99. The van der Waals surface area contributed by atoms with Gasteiger partial charge in [0.1, 0.15) is 6.04 Å². The van der Waals surface area contributed by atoms with Gasteiger partial charge in [-0.1, -0.05) is 35.3 Å². The first kappa shape index (κ1) is 21.1. The fraction of sp³-hybridized carbons (Fsp3) is 0.350. The van der Waals surface area contributed by atoms with Crippen LogP contribution in [-0.4, -0.2) is 37.8 Å². The van der Waals surface area contributed by atoms with E-state index in [1.165, 1.54) is 28.6 Å². The van der Waals surface area contributed by atoms with Gasteiger partial charge in [-0.25, -0.2) is 8.42 Å². The first-order valence-corrected chi connectivity index (χ1v) is 11.4. The van der Waals surface area contributed by atoms with E-state index >= 15 is 0 Å². The number of nitrogens with zero attached hydrogens (tertiary/aromatic N) is 1. The summed E-state index contributed by atoms with van der Waals surface area (Å²) < 4.78 is 27.1. The van der Waals surface area contributed by atoms with Crippen LogP contribution in [0.4, 0.5) is 0 Å². The third kappa shape index (κ3) is 5.06. The summed E-state index contributed by atoms with van der Waals surface area (Å²) in [6.07, 6.45) is 2.77. The number of benzene rings is 2. The first-order chi connectivity index (χ1) is 13.4. The molecular weight excluding hydrogens is 419 g/mol. The molecular formula is C20H22Cl2N2O3S. The van der Waals surface area contributed by atoms with E-state index in [2.05, 4.69) is 5.32 Å². The monoisotopic (exact) mass is 440 g/mol. The fourth-order valence-electron chi connectivity index (χ4n) is 3.30. The van der Waals surface area contributed by atoms with E-state index in [9.17, 15) is 13.2 Å². The molecule has 1 fully saturated rings. The Bertz CT molecular complexity index is 915. The summed E-state index contributed by atoms with van der Waals surface area (Å²) in [6, 6.07) is 12.9. The van der Waals surface area contributed by atoms with Gasteiger partial charge in [0.25, 0.3) is 0 Å². The molecule has 1 heterocycles. The molecule has 8 heteroatoms. The molecule has 1 aliphatic rings. The van der Waals surface area contributed by atoms with Crippen LogP contribution in [0.3, 0.4) is 0 Å². The molecule has 0 saturated carbocycles. The quantitative estimate of drug-likeness (QED) is 0.663. The number of sulfonamides is 1. The van der Waals surface area contributed by atoms with E-state index in [0.717, 1.165) is 18.4 Å². The van der Waals surface area contributed by atoms with Crippen LogP contribution in [0, 0.1) is 0 Å². The largest absolute Gasteiger partial charge is 0.355 e. The Hall–Kier alpha value is -1.60. The second-order valence-electron chi connectivity index (χ2n) is 6.75. The zero-order chi connectivity index (χ0) is 20.1. The number of amides is 1. The predicted octanol–water partition coefficient (Wildman–Crippen LogP) is 3.90. The maximum Gasteiger partial charge on any atom is 0.243 e. The van der Waals surface area contributed by atoms with Crippen molar-refractivity contribution < 1.29 is 13.2 Å². The van der Waals surface area contributed by atoms with E-state index < -0.39 is 16.1 Å². The number of rotatable bonds is 7. The van der Waals surface area contributed by atoms with Crippen molar-refractivity contribution in [3.8, 4) is 0 Å². The summed E-state index contributed by atoms with van der Waals surface area (Å²) in [5.41, 5.74) is 1.14. The molecule has 1 saturated heterocycles. The van der Waals surface area contributed by atoms with E-state index in [-0.39, 0.29) is 10.8 Å². The molecule has 5 nitrogen and oxygen atoms in total. The number of aryl methyl sites for hydroxylation is 1. The maximum absolute atomic E-state index is 12.9. The average Bonchev–Trinajstić information content (AvgIpc) is 3.18. The van der Waals surface area contributed by atoms with Crippen molar-refractivity contribution in [2.75, 3.05) is 13.1 Å². The van der Waals surface area contributed by atoms with Gasteiger partial charge in [0, 0.05) is 23.1 Å². The molecule has 0 bridgehead atoms. The van der Waals surface area contributed by atoms with Crippen molar-refractivity contribution in [3.05, 3.63) is 64.1 Å². The van der Waals surface area contributed by atoms with E-state index in [4.69, 9.17) is 23.2 Å². The van der Waals surface area contributed by atoms with Crippen molar-refractivity contribution >= 4 is 39.1 Å². The lowest BCUT2D eigenvalue weighted by Gasteiger charge is -2.23. The van der Waals surface area contributed by atoms with E-state index in [1.54, 1.807) is 0 Å². The van der Waals surface area contributed by atoms with Gasteiger partial charge in [-0.05, 0) is 67.6 Å². The molecule has 1 N–H and O–H groups in total. The topological polar surface area (TPSA) is 66.5 Å². The Morgan fingerprint density at radius 2 is 1.64 bits per heavy atom. The highest BCUT2D eigenvalue weighted by molar-refractivity contribution is 7.89. The zero-order valence-corrected chi connectivity index (χ0v) is 17.6. The molecule has 150 valence electrons. The van der Waals surface area contributed by atoms with Crippen LogP contribution in [0.2, 0.25) is 10.0 Å². The summed E-state index contributed by atoms with van der Waals surface area (Å²) in [5.74, 6) is -0.244. The van der Waals surface area contributed by atoms with Gasteiger partial charge < -0.3 is 5.32 Å². The molecule has 0 spiro atoms. The predicted molar refractivity (Wildman–Crippen MR) is 111 cm³/mol. The highest BCUT2D eigenvalue weighted by atomic mass is 35.5. The molecule has 28 heavy (non-hydrogen) atoms. The van der Waals surface area contributed by atoms with Crippen molar-refractivity contribution in [1.82, 2.24) is 9.62 Å². The molecule has 3 rings (SSSR count). The van der Waals surface area contributed by atoms with Gasteiger partial charge in [-0.2, -0.15) is 4.31 Å². The SMILES string of the molecule is O=C(NCCCc1ccc(Cl)cc1)[C@@H]1CCCN1S(=O)(=O)c1ccc(Cl)cc1. The van der Waals surface area contributed by atoms with Gasteiger partial charge in [0.05, 0.1) is 4.90 Å². The van der Waals surface area contributed by atoms with Crippen LogP contribution in [0.1, 0.15) is 24.8 Å². The van der Waals surface area contributed by atoms with Crippen LogP contribution in [0.25, 0.3) is 0 Å². The highest BCUT2D eigenvalue weighted by Gasteiger charge is 2.39. The van der Waals surface area contributed by atoms with Crippen molar-refractivity contribution in [3.63, 3.8) is 0 Å². The minimum Gasteiger partial charge on any atom is -0.355 e. The molecule has 1 amide bonds.